The molecule has 138 valence electrons. The lowest BCUT2D eigenvalue weighted by atomic mass is 10.1. The van der Waals surface area contributed by atoms with Crippen LogP contribution in [0, 0.1) is 0 Å². The first-order valence-electron chi connectivity index (χ1n) is 7.79. The first-order chi connectivity index (χ1) is 11.2. The summed E-state index contributed by atoms with van der Waals surface area (Å²) in [5, 5.41) is 4.75. The highest BCUT2D eigenvalue weighted by molar-refractivity contribution is 6.35. The number of nitrogens with zero attached hydrogens (tertiary/aromatic N) is 2. The Kier molecular flexibility index (Phi) is 8.73. The van der Waals surface area contributed by atoms with Crippen molar-refractivity contribution >= 4 is 53.2 Å². The van der Waals surface area contributed by atoms with Gasteiger partial charge in [0, 0.05) is 24.7 Å². The van der Waals surface area contributed by atoms with Crippen molar-refractivity contribution in [2.45, 2.75) is 18.9 Å². The summed E-state index contributed by atoms with van der Waals surface area (Å²) < 4.78 is 5.72. The molecule has 1 amide bonds. The average Bonchev–Trinajstić information content (AvgIpc) is 2.61. The van der Waals surface area contributed by atoms with Crippen LogP contribution in [-0.4, -0.2) is 48.6 Å². The van der Waals surface area contributed by atoms with E-state index in [1.807, 2.05) is 19.2 Å². The number of halogens is 3. The van der Waals surface area contributed by atoms with Gasteiger partial charge >= 0.3 is 0 Å². The summed E-state index contributed by atoms with van der Waals surface area (Å²) in [6.45, 7) is 1.91. The van der Waals surface area contributed by atoms with Crippen LogP contribution in [0.5, 0.6) is 5.75 Å². The molecule has 0 bridgehead atoms. The molecule has 5 nitrogen and oxygen atoms in total. The topological polar surface area (TPSA) is 54.5 Å². The van der Waals surface area contributed by atoms with Gasteiger partial charge in [0.1, 0.15) is 11.3 Å². The summed E-state index contributed by atoms with van der Waals surface area (Å²) in [4.78, 5) is 18.5. The molecule has 1 fully saturated rings. The van der Waals surface area contributed by atoms with E-state index in [9.17, 15) is 4.79 Å². The molecule has 0 saturated carbocycles. The molecular weight excluding hydrogens is 385 g/mol. The molecule has 0 atom stereocenters. The minimum absolute atomic E-state index is 0. The van der Waals surface area contributed by atoms with Crippen LogP contribution in [0.1, 0.15) is 12.8 Å². The highest BCUT2D eigenvalue weighted by Crippen LogP contribution is 2.29. The zero-order valence-electron chi connectivity index (χ0n) is 13.9. The smallest absolute Gasteiger partial charge is 0.260 e. The minimum Gasteiger partial charge on any atom is -0.481 e. The number of benzene rings is 1. The lowest BCUT2D eigenvalue weighted by Gasteiger charge is -2.31. The maximum absolute atomic E-state index is 12.4. The van der Waals surface area contributed by atoms with Crippen LogP contribution in [0.4, 0.5) is 0 Å². The summed E-state index contributed by atoms with van der Waals surface area (Å²) in [7, 11) is 1.85. The number of carbonyl (C=O) groups is 1. The Morgan fingerprint density at radius 3 is 2.76 bits per heavy atom. The quantitative estimate of drug-likeness (QED) is 0.846. The molecule has 1 aliphatic heterocycles. The first-order valence-corrected chi connectivity index (χ1v) is 8.17. The number of pyridine rings is 1. The van der Waals surface area contributed by atoms with Crippen molar-refractivity contribution in [1.29, 1.82) is 0 Å². The predicted molar refractivity (Wildman–Crippen MR) is 105 cm³/mol. The average molecular weight is 407 g/mol. The largest absolute Gasteiger partial charge is 0.481 e. The molecule has 1 N–H and O–H groups in total. The van der Waals surface area contributed by atoms with E-state index >= 15 is 0 Å². The number of hydrogen-bond acceptors (Lipinski definition) is 4. The Hall–Kier alpha value is -1.27. The number of amides is 1. The molecule has 2 heterocycles. The summed E-state index contributed by atoms with van der Waals surface area (Å²) in [5.74, 6) is 0.563. The number of piperidine rings is 1. The molecule has 0 radical (unpaired) electrons. The van der Waals surface area contributed by atoms with Gasteiger partial charge in [-0.15, -0.1) is 24.8 Å². The van der Waals surface area contributed by atoms with E-state index in [0.29, 0.717) is 16.3 Å². The molecule has 1 saturated heterocycles. The van der Waals surface area contributed by atoms with Gasteiger partial charge in [-0.2, -0.15) is 0 Å². The van der Waals surface area contributed by atoms with Crippen molar-refractivity contribution in [2.24, 2.45) is 0 Å². The third-order valence-corrected chi connectivity index (χ3v) is 4.61. The molecule has 0 unspecified atom stereocenters. The molecule has 0 spiro atoms. The van der Waals surface area contributed by atoms with E-state index in [1.54, 1.807) is 23.2 Å². The van der Waals surface area contributed by atoms with Crippen LogP contribution >= 0.6 is 36.4 Å². The number of carbonyl (C=O) groups excluding carboxylic acids is 1. The highest BCUT2D eigenvalue weighted by atomic mass is 35.5. The van der Waals surface area contributed by atoms with Crippen molar-refractivity contribution < 1.29 is 9.53 Å². The molecule has 8 heteroatoms. The summed E-state index contributed by atoms with van der Waals surface area (Å²) in [5.41, 5.74) is 0.678. The van der Waals surface area contributed by atoms with Crippen molar-refractivity contribution in [3.05, 3.63) is 35.5 Å². The maximum Gasteiger partial charge on any atom is 0.260 e. The molecule has 1 aliphatic rings. The molecular formula is C17H22Cl3N3O2. The summed E-state index contributed by atoms with van der Waals surface area (Å²) in [6.07, 6.45) is 3.65. The molecule has 0 aliphatic carbocycles. The fourth-order valence-electron chi connectivity index (χ4n) is 2.87. The van der Waals surface area contributed by atoms with Crippen LogP contribution in [0.25, 0.3) is 10.9 Å². The third-order valence-electron chi connectivity index (χ3n) is 4.28. The molecule has 3 rings (SSSR count). The van der Waals surface area contributed by atoms with Crippen molar-refractivity contribution in [3.63, 3.8) is 0 Å². The molecule has 1 aromatic heterocycles. The van der Waals surface area contributed by atoms with Crippen LogP contribution < -0.4 is 10.1 Å². The number of rotatable bonds is 4. The van der Waals surface area contributed by atoms with E-state index < -0.39 is 0 Å². The first kappa shape index (κ1) is 21.8. The fourth-order valence-corrected chi connectivity index (χ4v) is 3.08. The van der Waals surface area contributed by atoms with Gasteiger partial charge in [0.2, 0.25) is 0 Å². The summed E-state index contributed by atoms with van der Waals surface area (Å²) in [6, 6.07) is 7.53. The lowest BCUT2D eigenvalue weighted by Crippen LogP contribution is -2.45. The van der Waals surface area contributed by atoms with Crippen LogP contribution in [0.3, 0.4) is 0 Å². The minimum atomic E-state index is -0.0177. The van der Waals surface area contributed by atoms with Crippen LogP contribution in [0.15, 0.2) is 30.5 Å². The number of ether oxygens (including phenoxy) is 1. The van der Waals surface area contributed by atoms with Crippen molar-refractivity contribution in [1.82, 2.24) is 15.2 Å². The van der Waals surface area contributed by atoms with Gasteiger partial charge in [-0.05, 0) is 50.2 Å². The zero-order valence-corrected chi connectivity index (χ0v) is 16.3. The van der Waals surface area contributed by atoms with E-state index in [1.165, 1.54) is 0 Å². The number of fused-ring (bicyclic) bond motifs is 1. The Balaban J connectivity index is 0.00000156. The van der Waals surface area contributed by atoms with Crippen LogP contribution in [0.2, 0.25) is 5.02 Å². The van der Waals surface area contributed by atoms with E-state index in [4.69, 9.17) is 16.3 Å². The Morgan fingerprint density at radius 2 is 2.04 bits per heavy atom. The maximum atomic E-state index is 12.4. The van der Waals surface area contributed by atoms with Gasteiger partial charge in [0.15, 0.2) is 6.61 Å². The second-order valence-corrected chi connectivity index (χ2v) is 6.13. The van der Waals surface area contributed by atoms with E-state index in [-0.39, 0.29) is 43.4 Å². The van der Waals surface area contributed by atoms with Gasteiger partial charge in [-0.3, -0.25) is 9.78 Å². The van der Waals surface area contributed by atoms with Gasteiger partial charge in [-0.1, -0.05) is 11.6 Å². The molecule has 2 aromatic rings. The normalized spacial score (nSPS) is 14.3. The van der Waals surface area contributed by atoms with Crippen molar-refractivity contribution in [3.8, 4) is 5.75 Å². The van der Waals surface area contributed by atoms with Crippen molar-refractivity contribution in [2.75, 3.05) is 26.7 Å². The van der Waals surface area contributed by atoms with Gasteiger partial charge in [-0.25, -0.2) is 0 Å². The van der Waals surface area contributed by atoms with Gasteiger partial charge in [0.25, 0.3) is 5.91 Å². The van der Waals surface area contributed by atoms with E-state index in [2.05, 4.69) is 10.3 Å². The number of likely N-dealkylation sites (N-methyl/N-ethyl adjacent to an activating group) is 1. The SMILES string of the molecule is CN(C(=O)COc1ccc(Cl)c2cccnc12)C1CCNCC1.Cl.Cl. The Morgan fingerprint density at radius 1 is 1.32 bits per heavy atom. The zero-order chi connectivity index (χ0) is 16.2. The van der Waals surface area contributed by atoms with Gasteiger partial charge in [0.05, 0.1) is 5.02 Å². The highest BCUT2D eigenvalue weighted by Gasteiger charge is 2.22. The standard InChI is InChI=1S/C17H20ClN3O2.2ClH/c1-21(12-6-9-19-10-7-12)16(22)11-23-15-5-4-14(18)13-3-2-8-20-17(13)15;;/h2-5,8,12,19H,6-7,9-11H2,1H3;2*1H. The monoisotopic (exact) mass is 405 g/mol. The van der Waals surface area contributed by atoms with E-state index in [0.717, 1.165) is 31.3 Å². The summed E-state index contributed by atoms with van der Waals surface area (Å²) >= 11 is 6.17. The number of nitrogens with one attached hydrogen (secondary N) is 1. The second kappa shape index (κ2) is 10.0. The molecule has 1 aromatic carbocycles. The molecule has 25 heavy (non-hydrogen) atoms. The van der Waals surface area contributed by atoms with Crippen LogP contribution in [-0.2, 0) is 4.79 Å². The lowest BCUT2D eigenvalue weighted by molar-refractivity contribution is -0.134. The third kappa shape index (κ3) is 5.11. The Bertz CT molecular complexity index is 709. The second-order valence-electron chi connectivity index (χ2n) is 5.72. The number of hydrogen-bond donors (Lipinski definition) is 1. The van der Waals surface area contributed by atoms with Gasteiger partial charge < -0.3 is 15.0 Å². The number of aromatic nitrogens is 1. The fraction of sp³-hybridized carbons (Fsp3) is 0.412. The predicted octanol–water partition coefficient (Wildman–Crippen LogP) is 3.32. The Labute approximate surface area is 164 Å².